The fraction of sp³-hybridized carbons (Fsp3) is 0.733. The van der Waals surface area contributed by atoms with Crippen LogP contribution in [0.4, 0.5) is 5.82 Å². The Labute approximate surface area is 116 Å². The third-order valence-electron chi connectivity index (χ3n) is 3.62. The number of piperidine rings is 1. The average Bonchev–Trinajstić information content (AvgIpc) is 2.38. The molecular weight excluding hydrogens is 236 g/mol. The summed E-state index contributed by atoms with van der Waals surface area (Å²) in [6.45, 7) is 9.52. The molecule has 1 saturated heterocycles. The highest BCUT2D eigenvalue weighted by molar-refractivity contribution is 5.39. The first kappa shape index (κ1) is 14.3. The van der Waals surface area contributed by atoms with Crippen molar-refractivity contribution in [3.63, 3.8) is 0 Å². The van der Waals surface area contributed by atoms with E-state index in [1.807, 2.05) is 13.8 Å². The van der Waals surface area contributed by atoms with E-state index < -0.39 is 0 Å². The van der Waals surface area contributed by atoms with E-state index in [0.29, 0.717) is 6.04 Å². The van der Waals surface area contributed by atoms with Gasteiger partial charge in [-0.25, -0.2) is 9.97 Å². The monoisotopic (exact) mass is 262 g/mol. The molecule has 1 aliphatic rings. The van der Waals surface area contributed by atoms with E-state index in [4.69, 9.17) is 0 Å². The minimum Gasteiger partial charge on any atom is -0.355 e. The lowest BCUT2D eigenvalue weighted by Crippen LogP contribution is -2.44. The molecule has 1 aromatic heterocycles. The Hall–Kier alpha value is -1.16. The summed E-state index contributed by atoms with van der Waals surface area (Å²) in [5.74, 6) is 1.95. The summed E-state index contributed by atoms with van der Waals surface area (Å²) in [4.78, 5) is 11.4. The van der Waals surface area contributed by atoms with Crippen molar-refractivity contribution in [3.8, 4) is 0 Å². The van der Waals surface area contributed by atoms with Crippen LogP contribution in [0.1, 0.15) is 44.1 Å². The summed E-state index contributed by atoms with van der Waals surface area (Å²) < 4.78 is 0. The van der Waals surface area contributed by atoms with E-state index in [1.165, 1.54) is 19.3 Å². The second-order valence-electron chi connectivity index (χ2n) is 5.51. The Kier molecular flexibility index (Phi) is 5.14. The van der Waals surface area contributed by atoms with Crippen molar-refractivity contribution < 1.29 is 0 Å². The molecule has 0 radical (unpaired) electrons. The van der Waals surface area contributed by atoms with Gasteiger partial charge in [0.2, 0.25) is 0 Å². The molecule has 1 fully saturated rings. The zero-order chi connectivity index (χ0) is 13.7. The van der Waals surface area contributed by atoms with E-state index >= 15 is 0 Å². The van der Waals surface area contributed by atoms with Crippen LogP contribution in [0.5, 0.6) is 0 Å². The highest BCUT2D eigenvalue weighted by Crippen LogP contribution is 2.16. The van der Waals surface area contributed by atoms with Gasteiger partial charge in [-0.2, -0.15) is 0 Å². The smallest absolute Gasteiger partial charge is 0.132 e. The van der Waals surface area contributed by atoms with Crippen molar-refractivity contribution >= 4 is 5.82 Å². The van der Waals surface area contributed by atoms with Gasteiger partial charge in [-0.05, 0) is 39.7 Å². The molecule has 0 bridgehead atoms. The molecule has 0 saturated carbocycles. The van der Waals surface area contributed by atoms with Crippen LogP contribution in [0.3, 0.4) is 0 Å². The Morgan fingerprint density at radius 2 is 2.16 bits per heavy atom. The molecule has 1 atom stereocenters. The number of anilines is 1. The summed E-state index contributed by atoms with van der Waals surface area (Å²) in [7, 11) is 0. The van der Waals surface area contributed by atoms with Gasteiger partial charge in [0.1, 0.15) is 11.6 Å². The molecular formula is C15H26N4. The lowest BCUT2D eigenvalue weighted by molar-refractivity contribution is 0.398. The third kappa shape index (κ3) is 4.16. The van der Waals surface area contributed by atoms with E-state index in [9.17, 15) is 0 Å². The number of nitrogens with zero attached hydrogens (tertiary/aromatic N) is 3. The van der Waals surface area contributed by atoms with Crippen LogP contribution in [0.2, 0.25) is 0 Å². The van der Waals surface area contributed by atoms with Gasteiger partial charge < -0.3 is 10.2 Å². The minimum absolute atomic E-state index is 0.607. The molecule has 1 aliphatic heterocycles. The fourth-order valence-corrected chi connectivity index (χ4v) is 2.77. The predicted molar refractivity (Wildman–Crippen MR) is 79.7 cm³/mol. The van der Waals surface area contributed by atoms with Gasteiger partial charge >= 0.3 is 0 Å². The normalized spacial score (nSPS) is 19.4. The Bertz CT molecular complexity index is 379. The fourth-order valence-electron chi connectivity index (χ4n) is 2.77. The number of aromatic nitrogens is 2. The number of nitrogens with one attached hydrogen (secondary N) is 1. The van der Waals surface area contributed by atoms with Gasteiger partial charge in [0.25, 0.3) is 0 Å². The maximum absolute atomic E-state index is 4.61. The molecule has 2 rings (SSSR count). The molecule has 106 valence electrons. The average molecular weight is 262 g/mol. The van der Waals surface area contributed by atoms with Crippen LogP contribution in [-0.2, 0) is 0 Å². The van der Waals surface area contributed by atoms with Crippen LogP contribution in [0.25, 0.3) is 0 Å². The van der Waals surface area contributed by atoms with Crippen LogP contribution in [0, 0.1) is 13.8 Å². The van der Waals surface area contributed by atoms with Crippen molar-refractivity contribution in [1.29, 1.82) is 0 Å². The summed E-state index contributed by atoms with van der Waals surface area (Å²) in [5.41, 5.74) is 1.06. The second-order valence-corrected chi connectivity index (χ2v) is 5.51. The van der Waals surface area contributed by atoms with Crippen molar-refractivity contribution in [2.24, 2.45) is 0 Å². The molecule has 0 spiro atoms. The van der Waals surface area contributed by atoms with Crippen LogP contribution in [0.15, 0.2) is 6.07 Å². The van der Waals surface area contributed by atoms with E-state index in [0.717, 1.165) is 43.4 Å². The number of rotatable bonds is 5. The van der Waals surface area contributed by atoms with Gasteiger partial charge in [0.15, 0.2) is 0 Å². The number of hydrogen-bond acceptors (Lipinski definition) is 4. The Morgan fingerprint density at radius 1 is 1.32 bits per heavy atom. The standard InChI is InChI=1S/C15H26N4/c1-4-9-19(11-14-7-5-6-8-16-14)15-10-12(2)17-13(3)18-15/h10,14,16H,4-9,11H2,1-3H3. The Morgan fingerprint density at radius 3 is 2.79 bits per heavy atom. The first-order chi connectivity index (χ1) is 9.19. The van der Waals surface area contributed by atoms with Crippen LogP contribution in [-0.4, -0.2) is 35.6 Å². The van der Waals surface area contributed by atoms with Crippen molar-refractivity contribution in [1.82, 2.24) is 15.3 Å². The first-order valence-electron chi connectivity index (χ1n) is 7.49. The van der Waals surface area contributed by atoms with Gasteiger partial charge in [-0.15, -0.1) is 0 Å². The van der Waals surface area contributed by atoms with Crippen molar-refractivity contribution in [2.75, 3.05) is 24.5 Å². The van der Waals surface area contributed by atoms with Gasteiger partial charge in [-0.1, -0.05) is 13.3 Å². The first-order valence-corrected chi connectivity index (χ1v) is 7.49. The van der Waals surface area contributed by atoms with Crippen LogP contribution < -0.4 is 10.2 Å². The van der Waals surface area contributed by atoms with Crippen molar-refractivity contribution in [2.45, 2.75) is 52.5 Å². The summed E-state index contributed by atoms with van der Waals surface area (Å²) in [6.07, 6.45) is 5.09. The van der Waals surface area contributed by atoms with E-state index in [-0.39, 0.29) is 0 Å². The molecule has 0 aromatic carbocycles. The molecule has 1 N–H and O–H groups in total. The Balaban J connectivity index is 2.09. The van der Waals surface area contributed by atoms with E-state index in [2.05, 4.69) is 33.2 Å². The quantitative estimate of drug-likeness (QED) is 0.885. The third-order valence-corrected chi connectivity index (χ3v) is 3.62. The van der Waals surface area contributed by atoms with Gasteiger partial charge in [-0.3, -0.25) is 0 Å². The zero-order valence-electron chi connectivity index (χ0n) is 12.4. The summed E-state index contributed by atoms with van der Waals surface area (Å²) in [5, 5.41) is 3.62. The molecule has 1 unspecified atom stereocenters. The van der Waals surface area contributed by atoms with Gasteiger partial charge in [0, 0.05) is 30.9 Å². The summed E-state index contributed by atoms with van der Waals surface area (Å²) >= 11 is 0. The molecule has 0 aliphatic carbocycles. The highest BCUT2D eigenvalue weighted by atomic mass is 15.2. The molecule has 19 heavy (non-hydrogen) atoms. The van der Waals surface area contributed by atoms with Crippen LogP contribution >= 0.6 is 0 Å². The lowest BCUT2D eigenvalue weighted by Gasteiger charge is -2.31. The maximum atomic E-state index is 4.61. The van der Waals surface area contributed by atoms with Crippen molar-refractivity contribution in [3.05, 3.63) is 17.6 Å². The van der Waals surface area contributed by atoms with E-state index in [1.54, 1.807) is 0 Å². The molecule has 0 amide bonds. The zero-order valence-corrected chi connectivity index (χ0v) is 12.4. The maximum Gasteiger partial charge on any atom is 0.132 e. The SMILES string of the molecule is CCCN(CC1CCCCN1)c1cc(C)nc(C)n1. The minimum atomic E-state index is 0.607. The largest absolute Gasteiger partial charge is 0.355 e. The molecule has 1 aromatic rings. The second kappa shape index (κ2) is 6.85. The number of hydrogen-bond donors (Lipinski definition) is 1. The number of aryl methyl sites for hydroxylation is 2. The molecule has 4 nitrogen and oxygen atoms in total. The molecule has 4 heteroatoms. The lowest BCUT2D eigenvalue weighted by atomic mass is 10.0. The topological polar surface area (TPSA) is 41.0 Å². The predicted octanol–water partition coefficient (Wildman–Crippen LogP) is 2.45. The molecule has 2 heterocycles. The highest BCUT2D eigenvalue weighted by Gasteiger charge is 2.17. The van der Waals surface area contributed by atoms with Gasteiger partial charge in [0.05, 0.1) is 0 Å². The summed E-state index contributed by atoms with van der Waals surface area (Å²) in [6, 6.07) is 2.71.